The minimum atomic E-state index is -3.44. The highest BCUT2D eigenvalue weighted by molar-refractivity contribution is 7.86. The summed E-state index contributed by atoms with van der Waals surface area (Å²) >= 11 is 0. The van der Waals surface area contributed by atoms with E-state index in [1.54, 1.807) is 11.8 Å². The Labute approximate surface area is 136 Å². The van der Waals surface area contributed by atoms with Crippen LogP contribution in [-0.4, -0.2) is 77.7 Å². The first-order valence-corrected chi connectivity index (χ1v) is 8.85. The number of rotatable bonds is 6. The molecule has 0 N–H and O–H groups in total. The zero-order valence-electron chi connectivity index (χ0n) is 13.9. The van der Waals surface area contributed by atoms with E-state index >= 15 is 0 Å². The molecular weight excluding hydrogens is 322 g/mol. The van der Waals surface area contributed by atoms with Crippen molar-refractivity contribution in [1.82, 2.24) is 23.7 Å². The number of hydrogen-bond acceptors (Lipinski definition) is 6. The molecule has 0 saturated carbocycles. The molecule has 0 spiro atoms. The fourth-order valence-corrected chi connectivity index (χ4v) is 3.82. The van der Waals surface area contributed by atoms with Crippen molar-refractivity contribution < 1.29 is 17.7 Å². The molecule has 0 bridgehead atoms. The molecule has 1 unspecified atom stereocenters. The van der Waals surface area contributed by atoms with Crippen molar-refractivity contribution in [3.8, 4) is 0 Å². The number of aromatic nitrogens is 2. The van der Waals surface area contributed by atoms with Crippen molar-refractivity contribution in [2.75, 3.05) is 33.7 Å². The predicted octanol–water partition coefficient (Wildman–Crippen LogP) is -0.350. The monoisotopic (exact) mass is 345 g/mol. The van der Waals surface area contributed by atoms with Crippen molar-refractivity contribution >= 4 is 16.1 Å². The topological polar surface area (TPSA) is 99.9 Å². The first-order chi connectivity index (χ1) is 10.7. The lowest BCUT2D eigenvalue weighted by Gasteiger charge is -2.28. The van der Waals surface area contributed by atoms with E-state index in [1.807, 2.05) is 0 Å². The number of aryl methyl sites for hydroxylation is 1. The van der Waals surface area contributed by atoms with Crippen molar-refractivity contribution in [2.45, 2.75) is 32.7 Å². The molecule has 1 aliphatic heterocycles. The van der Waals surface area contributed by atoms with E-state index in [0.717, 1.165) is 0 Å². The molecule has 1 aromatic heterocycles. The summed E-state index contributed by atoms with van der Waals surface area (Å²) in [7, 11) is -0.436. The lowest BCUT2D eigenvalue weighted by atomic mass is 10.2. The van der Waals surface area contributed by atoms with Crippen LogP contribution in [0.1, 0.15) is 25.1 Å². The van der Waals surface area contributed by atoms with Crippen molar-refractivity contribution in [1.29, 1.82) is 0 Å². The van der Waals surface area contributed by atoms with Gasteiger partial charge in [0.1, 0.15) is 0 Å². The van der Waals surface area contributed by atoms with Crippen LogP contribution in [0, 0.1) is 6.92 Å². The Morgan fingerprint density at radius 2 is 2.13 bits per heavy atom. The highest BCUT2D eigenvalue weighted by atomic mass is 32.2. The van der Waals surface area contributed by atoms with Gasteiger partial charge in [-0.2, -0.15) is 22.0 Å². The van der Waals surface area contributed by atoms with Crippen LogP contribution in [0.2, 0.25) is 0 Å². The quantitative estimate of drug-likeness (QED) is 0.699. The van der Waals surface area contributed by atoms with E-state index < -0.39 is 10.2 Å². The maximum Gasteiger partial charge on any atom is 0.281 e. The Morgan fingerprint density at radius 3 is 2.65 bits per heavy atom. The number of hydrogen-bond donors (Lipinski definition) is 0. The van der Waals surface area contributed by atoms with Crippen LogP contribution in [0.15, 0.2) is 4.52 Å². The second-order valence-corrected chi connectivity index (χ2v) is 7.93. The molecule has 1 atom stereocenters. The van der Waals surface area contributed by atoms with Crippen LogP contribution in [-0.2, 0) is 21.4 Å². The van der Waals surface area contributed by atoms with Gasteiger partial charge >= 0.3 is 0 Å². The largest absolute Gasteiger partial charge is 0.340 e. The number of carbonyl (C=O) groups excluding carboxylic acids is 1. The summed E-state index contributed by atoms with van der Waals surface area (Å²) in [6.07, 6.45) is 1.10. The molecule has 0 aliphatic carbocycles. The second-order valence-electron chi connectivity index (χ2n) is 5.78. The molecule has 10 heteroatoms. The van der Waals surface area contributed by atoms with Gasteiger partial charge in [0.05, 0.1) is 0 Å². The van der Waals surface area contributed by atoms with E-state index in [2.05, 4.69) is 10.1 Å². The van der Waals surface area contributed by atoms with Gasteiger partial charge in [0, 0.05) is 60.0 Å². The van der Waals surface area contributed by atoms with Gasteiger partial charge in [-0.1, -0.05) is 5.16 Å². The Morgan fingerprint density at radius 1 is 1.43 bits per heavy atom. The minimum Gasteiger partial charge on any atom is -0.340 e. The average molecular weight is 345 g/mol. The molecule has 1 saturated heterocycles. The highest BCUT2D eigenvalue weighted by Gasteiger charge is 2.36. The third kappa shape index (κ3) is 4.06. The molecular formula is C13H23N5O4S. The molecule has 1 aromatic rings. The first kappa shape index (κ1) is 17.8. The van der Waals surface area contributed by atoms with Crippen LogP contribution >= 0.6 is 0 Å². The van der Waals surface area contributed by atoms with Gasteiger partial charge in [0.15, 0.2) is 5.82 Å². The lowest BCUT2D eigenvalue weighted by molar-refractivity contribution is -0.130. The molecule has 2 rings (SSSR count). The average Bonchev–Trinajstić information content (AvgIpc) is 3.08. The van der Waals surface area contributed by atoms with Crippen molar-refractivity contribution in [2.24, 2.45) is 0 Å². The zero-order valence-corrected chi connectivity index (χ0v) is 14.7. The molecule has 0 radical (unpaired) electrons. The van der Waals surface area contributed by atoms with Gasteiger partial charge in [-0.15, -0.1) is 0 Å². The van der Waals surface area contributed by atoms with Crippen LogP contribution in [0.5, 0.6) is 0 Å². The fourth-order valence-electron chi connectivity index (χ4n) is 2.67. The van der Waals surface area contributed by atoms with Crippen LogP contribution in [0.4, 0.5) is 0 Å². The SMILES string of the molecule is CC(=O)N(CCc1noc(C)n1)C1CCN(S(=O)(=O)N(C)C)C1. The molecule has 1 amide bonds. The summed E-state index contributed by atoms with van der Waals surface area (Å²) in [6.45, 7) is 4.36. The van der Waals surface area contributed by atoms with Gasteiger partial charge in [-0.3, -0.25) is 4.79 Å². The predicted molar refractivity (Wildman–Crippen MR) is 82.7 cm³/mol. The summed E-state index contributed by atoms with van der Waals surface area (Å²) in [4.78, 5) is 17.7. The molecule has 23 heavy (non-hydrogen) atoms. The third-order valence-corrected chi connectivity index (χ3v) is 5.81. The molecule has 2 heterocycles. The maximum atomic E-state index is 12.2. The van der Waals surface area contributed by atoms with Gasteiger partial charge in [0.2, 0.25) is 11.8 Å². The number of carbonyl (C=O) groups is 1. The second kappa shape index (κ2) is 6.93. The molecule has 1 aliphatic rings. The minimum absolute atomic E-state index is 0.0840. The Balaban J connectivity index is 2.01. The summed E-state index contributed by atoms with van der Waals surface area (Å²) in [6, 6.07) is -0.129. The molecule has 130 valence electrons. The third-order valence-electron chi connectivity index (χ3n) is 3.91. The van der Waals surface area contributed by atoms with Crippen LogP contribution in [0.3, 0.4) is 0 Å². The fraction of sp³-hybridized carbons (Fsp3) is 0.769. The summed E-state index contributed by atoms with van der Waals surface area (Å²) in [5.74, 6) is 0.947. The van der Waals surface area contributed by atoms with E-state index in [0.29, 0.717) is 44.2 Å². The van der Waals surface area contributed by atoms with Crippen molar-refractivity contribution in [3.63, 3.8) is 0 Å². The highest BCUT2D eigenvalue weighted by Crippen LogP contribution is 2.20. The van der Waals surface area contributed by atoms with Gasteiger partial charge in [-0.25, -0.2) is 0 Å². The van der Waals surface area contributed by atoms with Crippen molar-refractivity contribution in [3.05, 3.63) is 11.7 Å². The standard InChI is InChI=1S/C13H23N5O4S/c1-10-14-13(15-22-10)6-8-18(11(2)19)12-5-7-17(9-12)23(20,21)16(3)4/h12H,5-9H2,1-4H3. The van der Waals surface area contributed by atoms with Crippen LogP contribution in [0.25, 0.3) is 0 Å². The molecule has 0 aromatic carbocycles. The summed E-state index contributed by atoms with van der Waals surface area (Å²) in [5.41, 5.74) is 0. The Hall–Kier alpha value is -1.52. The zero-order chi connectivity index (χ0) is 17.2. The smallest absolute Gasteiger partial charge is 0.281 e. The number of amides is 1. The van der Waals surface area contributed by atoms with E-state index in [4.69, 9.17) is 4.52 Å². The van der Waals surface area contributed by atoms with Crippen LogP contribution < -0.4 is 0 Å². The summed E-state index contributed by atoms with van der Waals surface area (Å²) in [5, 5.41) is 3.81. The normalized spacial score (nSPS) is 19.4. The molecule has 1 fully saturated rings. The van der Waals surface area contributed by atoms with E-state index in [1.165, 1.54) is 29.6 Å². The van der Waals surface area contributed by atoms with E-state index in [9.17, 15) is 13.2 Å². The van der Waals surface area contributed by atoms with Gasteiger partial charge in [-0.05, 0) is 6.42 Å². The lowest BCUT2D eigenvalue weighted by Crippen LogP contribution is -2.44. The van der Waals surface area contributed by atoms with E-state index in [-0.39, 0.29) is 11.9 Å². The first-order valence-electron chi connectivity index (χ1n) is 7.46. The van der Waals surface area contributed by atoms with Gasteiger partial charge in [0.25, 0.3) is 10.2 Å². The Kier molecular flexibility index (Phi) is 5.37. The maximum absolute atomic E-state index is 12.2. The molecule has 9 nitrogen and oxygen atoms in total. The van der Waals surface area contributed by atoms with Gasteiger partial charge < -0.3 is 9.42 Å². The number of nitrogens with zero attached hydrogens (tertiary/aromatic N) is 5. The Bertz CT molecular complexity index is 657. The summed E-state index contributed by atoms with van der Waals surface area (Å²) < 4.78 is 31.8.